The molecule has 1 aliphatic heterocycles. The van der Waals surface area contributed by atoms with E-state index in [4.69, 9.17) is 10.9 Å². The summed E-state index contributed by atoms with van der Waals surface area (Å²) in [6.07, 6.45) is 1.40. The predicted octanol–water partition coefficient (Wildman–Crippen LogP) is 2.75. The van der Waals surface area contributed by atoms with Gasteiger partial charge in [-0.05, 0) is 43.5 Å². The molecule has 1 amide bonds. The van der Waals surface area contributed by atoms with Gasteiger partial charge in [-0.3, -0.25) is 4.79 Å². The number of amidine groups is 1. The Labute approximate surface area is 132 Å². The second-order valence-electron chi connectivity index (χ2n) is 5.80. The molecule has 0 aromatic heterocycles. The molecule has 1 heterocycles. The van der Waals surface area contributed by atoms with Crippen LogP contribution in [-0.4, -0.2) is 34.9 Å². The predicted molar refractivity (Wildman–Crippen MR) is 85.5 cm³/mol. The number of carbonyl (C=O) groups excluding carboxylic acids is 1. The van der Waals surface area contributed by atoms with Crippen molar-refractivity contribution in [3.05, 3.63) is 33.8 Å². The number of likely N-dealkylation sites (tertiary alicyclic amines) is 1. The van der Waals surface area contributed by atoms with Crippen molar-refractivity contribution in [2.24, 2.45) is 16.3 Å². The van der Waals surface area contributed by atoms with Crippen molar-refractivity contribution < 1.29 is 10.0 Å². The first-order valence-corrected chi connectivity index (χ1v) is 7.70. The largest absolute Gasteiger partial charge is 0.409 e. The van der Waals surface area contributed by atoms with Crippen molar-refractivity contribution in [2.75, 3.05) is 13.1 Å². The zero-order chi connectivity index (χ0) is 15.6. The molecule has 0 atom stereocenters. The molecule has 1 fully saturated rings. The Morgan fingerprint density at radius 1 is 1.43 bits per heavy atom. The number of nitrogens with two attached hydrogens (primary N) is 1. The maximum absolute atomic E-state index is 12.6. The van der Waals surface area contributed by atoms with Crippen LogP contribution in [0.5, 0.6) is 0 Å². The van der Waals surface area contributed by atoms with Gasteiger partial charge in [0.1, 0.15) is 5.84 Å². The molecule has 6 heteroatoms. The van der Waals surface area contributed by atoms with Crippen LogP contribution in [0.4, 0.5) is 0 Å². The molecule has 2 rings (SSSR count). The summed E-state index contributed by atoms with van der Waals surface area (Å²) < 4.78 is 0.967. The summed E-state index contributed by atoms with van der Waals surface area (Å²) in [6.45, 7) is 5.12. The second-order valence-corrected chi connectivity index (χ2v) is 6.71. The molecule has 1 aromatic carbocycles. The molecule has 21 heavy (non-hydrogen) atoms. The summed E-state index contributed by atoms with van der Waals surface area (Å²) >= 11 is 3.40. The highest BCUT2D eigenvalue weighted by molar-refractivity contribution is 9.10. The highest BCUT2D eigenvalue weighted by atomic mass is 79.9. The molecule has 3 N–H and O–H groups in total. The van der Waals surface area contributed by atoms with Crippen LogP contribution in [0.3, 0.4) is 0 Å². The molecule has 0 saturated carbocycles. The lowest BCUT2D eigenvalue weighted by molar-refractivity contribution is 0.0666. The Morgan fingerprint density at radius 3 is 2.57 bits per heavy atom. The molecular formula is C15H20BrN3O2. The first-order chi connectivity index (χ1) is 9.87. The topological polar surface area (TPSA) is 78.9 Å². The maximum Gasteiger partial charge on any atom is 0.254 e. The third-order valence-corrected chi connectivity index (χ3v) is 4.79. The van der Waals surface area contributed by atoms with E-state index in [1.807, 2.05) is 36.9 Å². The van der Waals surface area contributed by atoms with Crippen molar-refractivity contribution in [3.63, 3.8) is 0 Å². The number of hydrogen-bond donors (Lipinski definition) is 2. The van der Waals surface area contributed by atoms with E-state index in [1.165, 1.54) is 0 Å². The summed E-state index contributed by atoms with van der Waals surface area (Å²) in [5.74, 6) is 0.288. The lowest BCUT2D eigenvalue weighted by atomic mass is 9.79. The van der Waals surface area contributed by atoms with Crippen LogP contribution in [0, 0.1) is 12.3 Å². The lowest BCUT2D eigenvalue weighted by Gasteiger charge is -2.38. The monoisotopic (exact) mass is 353 g/mol. The summed E-state index contributed by atoms with van der Waals surface area (Å²) in [4.78, 5) is 14.4. The van der Waals surface area contributed by atoms with Gasteiger partial charge < -0.3 is 15.8 Å². The van der Waals surface area contributed by atoms with E-state index in [1.54, 1.807) is 0 Å². The highest BCUT2D eigenvalue weighted by Crippen LogP contribution is 2.32. The van der Waals surface area contributed by atoms with Gasteiger partial charge in [0.15, 0.2) is 0 Å². The van der Waals surface area contributed by atoms with Gasteiger partial charge in [-0.25, -0.2) is 0 Å². The zero-order valence-electron chi connectivity index (χ0n) is 12.3. The molecule has 0 bridgehead atoms. The second kappa shape index (κ2) is 6.05. The number of benzene rings is 1. The van der Waals surface area contributed by atoms with Gasteiger partial charge >= 0.3 is 0 Å². The molecule has 1 saturated heterocycles. The van der Waals surface area contributed by atoms with Crippen molar-refractivity contribution in [1.29, 1.82) is 0 Å². The van der Waals surface area contributed by atoms with E-state index in [2.05, 4.69) is 21.1 Å². The van der Waals surface area contributed by atoms with E-state index in [-0.39, 0.29) is 17.2 Å². The Balaban J connectivity index is 2.10. The van der Waals surface area contributed by atoms with E-state index >= 15 is 0 Å². The number of carbonyl (C=O) groups is 1. The lowest BCUT2D eigenvalue weighted by Crippen LogP contribution is -2.47. The molecule has 0 unspecified atom stereocenters. The minimum absolute atomic E-state index is 0.0431. The van der Waals surface area contributed by atoms with Crippen LogP contribution in [0.1, 0.15) is 35.7 Å². The number of amides is 1. The number of piperidine rings is 1. The van der Waals surface area contributed by atoms with Gasteiger partial charge in [0.25, 0.3) is 5.91 Å². The number of oxime groups is 1. The number of aryl methyl sites for hydroxylation is 1. The van der Waals surface area contributed by atoms with Gasteiger partial charge in [-0.15, -0.1) is 0 Å². The standard InChI is InChI=1S/C15H20BrN3O2/c1-10-9-11(16)3-4-12(10)13(20)19-7-5-15(2,6-8-19)14(17)18-21/h3-4,9,21H,5-8H2,1-2H3,(H2,17,18). The average Bonchev–Trinajstić information content (AvgIpc) is 2.46. The quantitative estimate of drug-likeness (QED) is 0.371. The number of rotatable bonds is 2. The fraction of sp³-hybridized carbons (Fsp3) is 0.467. The van der Waals surface area contributed by atoms with Crippen molar-refractivity contribution in [1.82, 2.24) is 4.90 Å². The van der Waals surface area contributed by atoms with Gasteiger partial charge in [0.2, 0.25) is 0 Å². The normalized spacial score (nSPS) is 18.6. The van der Waals surface area contributed by atoms with Crippen molar-refractivity contribution in [3.8, 4) is 0 Å². The first kappa shape index (κ1) is 15.8. The van der Waals surface area contributed by atoms with Crippen LogP contribution in [0.2, 0.25) is 0 Å². The number of hydrogen-bond acceptors (Lipinski definition) is 3. The minimum Gasteiger partial charge on any atom is -0.409 e. The molecule has 0 radical (unpaired) electrons. The van der Waals surface area contributed by atoms with Crippen molar-refractivity contribution in [2.45, 2.75) is 26.7 Å². The SMILES string of the molecule is Cc1cc(Br)ccc1C(=O)N1CCC(C)(/C(N)=N/O)CC1. The van der Waals surface area contributed by atoms with Crippen molar-refractivity contribution >= 4 is 27.7 Å². The zero-order valence-corrected chi connectivity index (χ0v) is 13.9. The smallest absolute Gasteiger partial charge is 0.254 e. The van der Waals surface area contributed by atoms with E-state index < -0.39 is 0 Å². The molecule has 1 aliphatic rings. The average molecular weight is 354 g/mol. The summed E-state index contributed by atoms with van der Waals surface area (Å²) in [6, 6.07) is 5.67. The Hall–Kier alpha value is -1.56. The summed E-state index contributed by atoms with van der Waals surface area (Å²) in [5, 5.41) is 12.0. The van der Waals surface area contributed by atoms with Crippen LogP contribution in [0.25, 0.3) is 0 Å². The van der Waals surface area contributed by atoms with Crippen LogP contribution >= 0.6 is 15.9 Å². The number of nitrogens with zero attached hydrogens (tertiary/aromatic N) is 2. The van der Waals surface area contributed by atoms with Crippen LogP contribution < -0.4 is 5.73 Å². The molecule has 1 aromatic rings. The van der Waals surface area contributed by atoms with E-state index in [9.17, 15) is 4.79 Å². The van der Waals surface area contributed by atoms with Gasteiger partial charge in [0.05, 0.1) is 0 Å². The fourth-order valence-corrected chi connectivity index (χ4v) is 3.09. The van der Waals surface area contributed by atoms with Gasteiger partial charge in [-0.2, -0.15) is 0 Å². The maximum atomic E-state index is 12.6. The van der Waals surface area contributed by atoms with E-state index in [0.717, 1.165) is 15.6 Å². The first-order valence-electron chi connectivity index (χ1n) is 6.91. The van der Waals surface area contributed by atoms with Gasteiger partial charge in [0, 0.05) is 28.5 Å². The molecular weight excluding hydrogens is 334 g/mol. The van der Waals surface area contributed by atoms with Crippen LogP contribution in [-0.2, 0) is 0 Å². The van der Waals surface area contributed by atoms with Gasteiger partial charge in [-0.1, -0.05) is 28.0 Å². The molecule has 0 aliphatic carbocycles. The third-order valence-electron chi connectivity index (χ3n) is 4.30. The molecule has 114 valence electrons. The Morgan fingerprint density at radius 2 is 2.05 bits per heavy atom. The Kier molecular flexibility index (Phi) is 4.56. The number of halogens is 1. The van der Waals surface area contributed by atoms with E-state index in [0.29, 0.717) is 25.9 Å². The fourth-order valence-electron chi connectivity index (χ4n) is 2.62. The Bertz CT molecular complexity index is 578. The third kappa shape index (κ3) is 3.20. The summed E-state index contributed by atoms with van der Waals surface area (Å²) in [7, 11) is 0. The highest BCUT2D eigenvalue weighted by Gasteiger charge is 2.35. The molecule has 0 spiro atoms. The molecule has 5 nitrogen and oxygen atoms in total. The summed E-state index contributed by atoms with van der Waals surface area (Å²) in [5.41, 5.74) is 7.10. The van der Waals surface area contributed by atoms with Crippen LogP contribution in [0.15, 0.2) is 27.8 Å². The minimum atomic E-state index is -0.333.